The molecule has 1 N–H and O–H groups in total. The van der Waals surface area contributed by atoms with Crippen molar-refractivity contribution >= 4 is 27.4 Å². The highest BCUT2D eigenvalue weighted by Gasteiger charge is 2.45. The van der Waals surface area contributed by atoms with Crippen LogP contribution in [0, 0.1) is 12.7 Å². The van der Waals surface area contributed by atoms with Crippen LogP contribution in [0.3, 0.4) is 0 Å². The average Bonchev–Trinajstić information content (AvgIpc) is 2.80. The van der Waals surface area contributed by atoms with Gasteiger partial charge in [0.05, 0.1) is 16.1 Å². The van der Waals surface area contributed by atoms with Gasteiger partial charge in [0, 0.05) is 31.2 Å². The summed E-state index contributed by atoms with van der Waals surface area (Å²) in [5.41, 5.74) is 0.380. The number of nitrogens with zero attached hydrogens (tertiary/aromatic N) is 3. The normalized spacial score (nSPS) is 24.6. The third-order valence-electron chi connectivity index (χ3n) is 7.83. The van der Waals surface area contributed by atoms with E-state index in [2.05, 4.69) is 15.3 Å². The Morgan fingerprint density at radius 2 is 1.86 bits per heavy atom. The lowest BCUT2D eigenvalue weighted by atomic mass is 9.81. The van der Waals surface area contributed by atoms with Crippen LogP contribution >= 0.6 is 0 Å². The van der Waals surface area contributed by atoms with E-state index in [4.69, 9.17) is 9.47 Å². The molecule has 2 aliphatic heterocycles. The van der Waals surface area contributed by atoms with Crippen LogP contribution < -0.4 is 10.1 Å². The molecule has 200 valence electrons. The summed E-state index contributed by atoms with van der Waals surface area (Å²) in [4.78, 5) is 23.4. The molecule has 0 spiro atoms. The maximum Gasteiger partial charge on any atom is 0.410 e. The van der Waals surface area contributed by atoms with Gasteiger partial charge in [-0.2, -0.15) is 0 Å². The van der Waals surface area contributed by atoms with Gasteiger partial charge in [0.2, 0.25) is 5.88 Å². The molecule has 0 radical (unpaired) electrons. The first kappa shape index (κ1) is 25.7. The molecule has 9 nitrogen and oxygen atoms in total. The molecule has 1 amide bonds. The highest BCUT2D eigenvalue weighted by atomic mass is 32.2. The first-order valence-electron chi connectivity index (χ1n) is 12.8. The number of anilines is 2. The fourth-order valence-corrected chi connectivity index (χ4v) is 6.19. The van der Waals surface area contributed by atoms with Crippen LogP contribution in [-0.2, 0) is 14.6 Å². The zero-order chi connectivity index (χ0) is 26.4. The highest BCUT2D eigenvalue weighted by Crippen LogP contribution is 2.40. The highest BCUT2D eigenvalue weighted by molar-refractivity contribution is 7.90. The molecule has 2 saturated heterocycles. The van der Waals surface area contributed by atoms with Gasteiger partial charge in [-0.05, 0) is 70.6 Å². The van der Waals surface area contributed by atoms with E-state index in [9.17, 15) is 17.6 Å². The molecule has 1 aromatic heterocycles. The molecule has 11 heteroatoms. The number of benzene rings is 1. The summed E-state index contributed by atoms with van der Waals surface area (Å²) >= 11 is 0. The minimum absolute atomic E-state index is 0.0656. The van der Waals surface area contributed by atoms with Crippen LogP contribution in [0.5, 0.6) is 5.88 Å². The number of hydrogen-bond acceptors (Lipinski definition) is 8. The fraction of sp³-hybridized carbons (Fsp3) is 0.577. The van der Waals surface area contributed by atoms with E-state index >= 15 is 0 Å². The minimum Gasteiger partial charge on any atom is -0.474 e. The Balaban J connectivity index is 1.27. The lowest BCUT2D eigenvalue weighted by Gasteiger charge is -2.49. The molecule has 5 rings (SSSR count). The number of rotatable bonds is 6. The van der Waals surface area contributed by atoms with Crippen molar-refractivity contribution in [2.45, 2.75) is 93.9 Å². The molecule has 1 aromatic carbocycles. The van der Waals surface area contributed by atoms with E-state index in [0.29, 0.717) is 30.1 Å². The number of amides is 1. The van der Waals surface area contributed by atoms with Crippen LogP contribution in [0.1, 0.15) is 63.9 Å². The maximum atomic E-state index is 14.6. The molecule has 2 atom stereocenters. The molecule has 37 heavy (non-hydrogen) atoms. The first-order valence-corrected chi connectivity index (χ1v) is 14.7. The number of aromatic nitrogens is 2. The van der Waals surface area contributed by atoms with Crippen LogP contribution in [0.4, 0.5) is 20.7 Å². The lowest BCUT2D eigenvalue weighted by Crippen LogP contribution is -2.58. The molecule has 1 aliphatic carbocycles. The molecule has 2 bridgehead atoms. The van der Waals surface area contributed by atoms with Gasteiger partial charge < -0.3 is 19.7 Å². The standard InChI is InChI=1S/C26H33FN4O5S/c1-16-23(30-22-9-8-20(14-21(22)27)37(3,33)34)28-15-29-24(16)35-19-12-17-6-4-7-18(13-19)31(17)25(32)36-26(2)10-5-11-26/h8-9,14-15,17-19H,4-7,10-13H2,1-3H3,(H,28,29,30). The molecule has 2 unspecified atom stereocenters. The summed E-state index contributed by atoms with van der Waals surface area (Å²) in [6.45, 7) is 3.79. The summed E-state index contributed by atoms with van der Waals surface area (Å²) < 4.78 is 50.2. The fourth-order valence-electron chi connectivity index (χ4n) is 5.56. The van der Waals surface area contributed by atoms with Crippen LogP contribution in [-0.4, -0.2) is 59.4 Å². The molecular weight excluding hydrogens is 499 g/mol. The summed E-state index contributed by atoms with van der Waals surface area (Å²) in [6, 6.07) is 3.83. The predicted molar refractivity (Wildman–Crippen MR) is 135 cm³/mol. The minimum atomic E-state index is -3.52. The largest absolute Gasteiger partial charge is 0.474 e. The third-order valence-corrected chi connectivity index (χ3v) is 8.94. The maximum absolute atomic E-state index is 14.6. The van der Waals surface area contributed by atoms with Crippen molar-refractivity contribution in [2.75, 3.05) is 11.6 Å². The number of fused-ring (bicyclic) bond motifs is 2. The van der Waals surface area contributed by atoms with E-state index < -0.39 is 15.7 Å². The van der Waals surface area contributed by atoms with Gasteiger partial charge in [-0.25, -0.2) is 27.6 Å². The zero-order valence-corrected chi connectivity index (χ0v) is 22.2. The summed E-state index contributed by atoms with van der Waals surface area (Å²) in [5, 5.41) is 2.92. The van der Waals surface area contributed by atoms with Crippen LogP contribution in [0.2, 0.25) is 0 Å². The Bertz CT molecular complexity index is 1290. The molecule has 3 fully saturated rings. The van der Waals surface area contributed by atoms with E-state index in [0.717, 1.165) is 50.8 Å². The van der Waals surface area contributed by atoms with Crippen molar-refractivity contribution in [3.63, 3.8) is 0 Å². The second-order valence-electron chi connectivity index (χ2n) is 10.7. The number of sulfone groups is 1. The molecule has 2 aromatic rings. The van der Waals surface area contributed by atoms with E-state index in [1.54, 1.807) is 6.92 Å². The Morgan fingerprint density at radius 1 is 1.16 bits per heavy atom. The number of piperidine rings is 2. The van der Waals surface area contributed by atoms with Crippen LogP contribution in [0.15, 0.2) is 29.4 Å². The number of nitrogens with one attached hydrogen (secondary N) is 1. The molecule has 3 aliphatic rings. The second-order valence-corrected chi connectivity index (χ2v) is 12.7. The smallest absolute Gasteiger partial charge is 0.410 e. The van der Waals surface area contributed by atoms with Gasteiger partial charge in [-0.3, -0.25) is 0 Å². The Labute approximate surface area is 216 Å². The summed E-state index contributed by atoms with van der Waals surface area (Å²) in [6.07, 6.45) is 9.28. The predicted octanol–water partition coefficient (Wildman–Crippen LogP) is 4.91. The monoisotopic (exact) mass is 532 g/mol. The van der Waals surface area contributed by atoms with Gasteiger partial charge in [0.25, 0.3) is 0 Å². The zero-order valence-electron chi connectivity index (χ0n) is 21.4. The van der Waals surface area contributed by atoms with Gasteiger partial charge in [-0.1, -0.05) is 0 Å². The van der Waals surface area contributed by atoms with E-state index in [-0.39, 0.29) is 40.5 Å². The van der Waals surface area contributed by atoms with Gasteiger partial charge in [-0.15, -0.1) is 0 Å². The van der Waals surface area contributed by atoms with Crippen molar-refractivity contribution in [3.8, 4) is 5.88 Å². The average molecular weight is 533 g/mol. The van der Waals surface area contributed by atoms with Crippen molar-refractivity contribution in [1.82, 2.24) is 14.9 Å². The Hall–Kier alpha value is -2.95. The SMILES string of the molecule is Cc1c(Nc2ccc(S(C)(=O)=O)cc2F)ncnc1OC1CC2CCCC(C1)N2C(=O)OC1(C)CCC1. The third kappa shape index (κ3) is 5.37. The number of hydrogen-bond donors (Lipinski definition) is 1. The summed E-state index contributed by atoms with van der Waals surface area (Å²) in [7, 11) is -3.52. The quantitative estimate of drug-likeness (QED) is 0.559. The number of carbonyl (C=O) groups excluding carboxylic acids is 1. The van der Waals surface area contributed by atoms with Gasteiger partial charge >= 0.3 is 6.09 Å². The van der Waals surface area contributed by atoms with Gasteiger partial charge in [0.1, 0.15) is 29.7 Å². The lowest BCUT2D eigenvalue weighted by molar-refractivity contribution is -0.0774. The topological polar surface area (TPSA) is 111 Å². The molecular formula is C26H33FN4O5S. The number of ether oxygens (including phenoxy) is 2. The van der Waals surface area contributed by atoms with E-state index in [1.165, 1.54) is 18.5 Å². The summed E-state index contributed by atoms with van der Waals surface area (Å²) in [5.74, 6) is 0.0592. The van der Waals surface area contributed by atoms with Gasteiger partial charge in [0.15, 0.2) is 9.84 Å². The number of carbonyl (C=O) groups is 1. The first-order chi connectivity index (χ1) is 17.5. The Kier molecular flexibility index (Phi) is 6.76. The number of halogens is 1. The van der Waals surface area contributed by atoms with Crippen molar-refractivity contribution < 1.29 is 27.1 Å². The Morgan fingerprint density at radius 3 is 2.46 bits per heavy atom. The van der Waals surface area contributed by atoms with Crippen LogP contribution in [0.25, 0.3) is 0 Å². The van der Waals surface area contributed by atoms with Crippen molar-refractivity contribution in [1.29, 1.82) is 0 Å². The van der Waals surface area contributed by atoms with E-state index in [1.807, 2.05) is 11.8 Å². The molecule has 3 heterocycles. The second kappa shape index (κ2) is 9.74. The van der Waals surface area contributed by atoms with Crippen molar-refractivity contribution in [2.24, 2.45) is 0 Å². The van der Waals surface area contributed by atoms with Crippen molar-refractivity contribution in [3.05, 3.63) is 35.9 Å². The molecule has 1 saturated carbocycles.